The molecule has 0 radical (unpaired) electrons. The second-order valence-corrected chi connectivity index (χ2v) is 12.7. The summed E-state index contributed by atoms with van der Waals surface area (Å²) < 4.78 is 43.7. The summed E-state index contributed by atoms with van der Waals surface area (Å²) in [7, 11) is -4.29. The molecule has 0 saturated carbocycles. The number of nitrogens with zero attached hydrogens (tertiary/aromatic N) is 3. The molecule has 43 heavy (non-hydrogen) atoms. The fourth-order valence-corrected chi connectivity index (χ4v) is 5.44. The Morgan fingerprint density at radius 3 is 2.37 bits per heavy atom. The first-order valence-electron chi connectivity index (χ1n) is 14.4. The molecule has 15 heteroatoms. The summed E-state index contributed by atoms with van der Waals surface area (Å²) in [5.41, 5.74) is 5.23. The van der Waals surface area contributed by atoms with Gasteiger partial charge in [0.1, 0.15) is 18.1 Å². The standard InChI is InChI=1S/C28H42N5O9P/c1-19(2)12-14-38-25(34)16-23(28(36)39-15-13-20(3)4)32-43(37,42-21-8-6-5-7-9-21)40-17-22-10-11-24(41-22)33-18-30-27(31-33)26(29)35/h5-9,18-20,22-24H,10-17H2,1-4H3,(H2,29,35)(H,32,37)/t22-,23?,24+,43?/m0/s1. The van der Waals surface area contributed by atoms with Crippen molar-refractivity contribution in [3.05, 3.63) is 42.5 Å². The van der Waals surface area contributed by atoms with E-state index in [1.807, 2.05) is 27.7 Å². The lowest BCUT2D eigenvalue weighted by atomic mass is 10.1. The fraction of sp³-hybridized carbons (Fsp3) is 0.607. The number of primary amides is 1. The van der Waals surface area contributed by atoms with E-state index >= 15 is 0 Å². The minimum absolute atomic E-state index is 0.124. The van der Waals surface area contributed by atoms with Crippen LogP contribution >= 0.6 is 7.75 Å². The van der Waals surface area contributed by atoms with Crippen molar-refractivity contribution in [2.75, 3.05) is 19.8 Å². The lowest BCUT2D eigenvalue weighted by molar-refractivity contribution is -0.152. The molecule has 0 bridgehead atoms. The quantitative estimate of drug-likeness (QED) is 0.181. The third-order valence-corrected chi connectivity index (χ3v) is 7.94. The van der Waals surface area contributed by atoms with Gasteiger partial charge in [0.15, 0.2) is 6.23 Å². The molecular weight excluding hydrogens is 581 g/mol. The number of hydrogen-bond acceptors (Lipinski definition) is 11. The van der Waals surface area contributed by atoms with E-state index in [-0.39, 0.29) is 37.3 Å². The predicted octanol–water partition coefficient (Wildman–Crippen LogP) is 3.79. The molecular formula is C28H42N5O9P. The first kappa shape index (κ1) is 34.2. The van der Waals surface area contributed by atoms with Crippen molar-refractivity contribution in [1.82, 2.24) is 19.9 Å². The summed E-state index contributed by atoms with van der Waals surface area (Å²) in [6, 6.07) is 6.93. The molecule has 2 aromatic rings. The molecule has 1 amide bonds. The van der Waals surface area contributed by atoms with Gasteiger partial charge in [0.2, 0.25) is 5.82 Å². The molecule has 1 aromatic carbocycles. The van der Waals surface area contributed by atoms with E-state index in [9.17, 15) is 18.9 Å². The Bertz CT molecular complexity index is 1240. The van der Waals surface area contributed by atoms with Crippen LogP contribution in [0.25, 0.3) is 0 Å². The molecule has 1 aliphatic rings. The number of rotatable bonds is 18. The molecule has 14 nitrogen and oxygen atoms in total. The molecule has 1 fully saturated rings. The van der Waals surface area contributed by atoms with Crippen LogP contribution in [0.5, 0.6) is 5.75 Å². The van der Waals surface area contributed by atoms with Gasteiger partial charge in [-0.15, -0.1) is 5.10 Å². The zero-order valence-electron chi connectivity index (χ0n) is 25.0. The van der Waals surface area contributed by atoms with Crippen LogP contribution in [0.4, 0.5) is 0 Å². The minimum atomic E-state index is -4.29. The highest BCUT2D eigenvalue weighted by Crippen LogP contribution is 2.46. The van der Waals surface area contributed by atoms with Gasteiger partial charge in [-0.3, -0.25) is 18.9 Å². The number of para-hydroxylation sites is 1. The first-order valence-corrected chi connectivity index (χ1v) is 15.9. The van der Waals surface area contributed by atoms with Crippen molar-refractivity contribution in [2.45, 2.75) is 78.2 Å². The summed E-state index contributed by atoms with van der Waals surface area (Å²) >= 11 is 0. The van der Waals surface area contributed by atoms with Crippen molar-refractivity contribution >= 4 is 25.6 Å². The van der Waals surface area contributed by atoms with Gasteiger partial charge >= 0.3 is 19.7 Å². The lowest BCUT2D eigenvalue weighted by Gasteiger charge is -2.25. The first-order chi connectivity index (χ1) is 20.4. The largest absolute Gasteiger partial charge is 0.466 e. The highest BCUT2D eigenvalue weighted by Gasteiger charge is 2.38. The van der Waals surface area contributed by atoms with Gasteiger partial charge in [0, 0.05) is 0 Å². The zero-order chi connectivity index (χ0) is 31.4. The van der Waals surface area contributed by atoms with Gasteiger partial charge in [-0.25, -0.2) is 14.2 Å². The van der Waals surface area contributed by atoms with Crippen LogP contribution in [0, 0.1) is 11.8 Å². The number of hydrogen-bond donors (Lipinski definition) is 2. The Balaban J connectivity index is 1.72. The van der Waals surface area contributed by atoms with E-state index in [1.54, 1.807) is 30.3 Å². The third kappa shape index (κ3) is 11.7. The van der Waals surface area contributed by atoms with E-state index in [0.29, 0.717) is 31.6 Å². The number of carbonyl (C=O) groups is 3. The summed E-state index contributed by atoms with van der Waals surface area (Å²) in [6.45, 7) is 8.10. The van der Waals surface area contributed by atoms with Crippen LogP contribution in [-0.2, 0) is 32.9 Å². The Morgan fingerprint density at radius 2 is 1.74 bits per heavy atom. The van der Waals surface area contributed by atoms with E-state index < -0.39 is 50.4 Å². The number of esters is 2. The number of nitrogens with one attached hydrogen (secondary N) is 1. The molecule has 238 valence electrons. The van der Waals surface area contributed by atoms with Crippen LogP contribution in [-0.4, -0.2) is 64.6 Å². The van der Waals surface area contributed by atoms with Crippen LogP contribution in [0.3, 0.4) is 0 Å². The topological polar surface area (TPSA) is 183 Å². The highest BCUT2D eigenvalue weighted by molar-refractivity contribution is 7.52. The van der Waals surface area contributed by atoms with Crippen LogP contribution in [0.15, 0.2) is 36.7 Å². The maximum Gasteiger partial charge on any atom is 0.459 e. The predicted molar refractivity (Wildman–Crippen MR) is 155 cm³/mol. The Kier molecular flexibility index (Phi) is 13.1. The SMILES string of the molecule is CC(C)CCOC(=O)CC(NP(=O)(OC[C@@H]1CC[C@H](n2cnc(C(N)=O)n2)O1)Oc1ccccc1)C(=O)OCCC(C)C. The molecule has 1 aliphatic heterocycles. The minimum Gasteiger partial charge on any atom is -0.466 e. The fourth-order valence-electron chi connectivity index (χ4n) is 3.92. The molecule has 1 saturated heterocycles. The average molecular weight is 624 g/mol. The van der Waals surface area contributed by atoms with Crippen molar-refractivity contribution in [1.29, 1.82) is 0 Å². The molecule has 4 atom stereocenters. The smallest absolute Gasteiger partial charge is 0.459 e. The summed E-state index contributed by atoms with van der Waals surface area (Å²) in [5, 5.41) is 6.65. The van der Waals surface area contributed by atoms with Crippen molar-refractivity contribution in [3.8, 4) is 5.75 Å². The molecule has 0 spiro atoms. The number of carbonyl (C=O) groups excluding carboxylic acids is 3. The number of aromatic nitrogens is 3. The second kappa shape index (κ2) is 16.5. The molecule has 2 unspecified atom stereocenters. The van der Waals surface area contributed by atoms with Crippen molar-refractivity contribution in [3.63, 3.8) is 0 Å². The average Bonchev–Trinajstić information content (AvgIpc) is 3.62. The maximum absolute atomic E-state index is 14.1. The summed E-state index contributed by atoms with van der Waals surface area (Å²) in [5.74, 6) is -1.51. The molecule has 3 rings (SSSR count). The zero-order valence-corrected chi connectivity index (χ0v) is 25.9. The molecule has 0 aliphatic carbocycles. The molecule has 3 N–H and O–H groups in total. The number of amides is 1. The monoisotopic (exact) mass is 623 g/mol. The normalized spacial score (nSPS) is 18.7. The maximum atomic E-state index is 14.1. The van der Waals surface area contributed by atoms with Gasteiger partial charge in [-0.1, -0.05) is 45.9 Å². The van der Waals surface area contributed by atoms with Gasteiger partial charge < -0.3 is 24.5 Å². The number of nitrogens with two attached hydrogens (primary N) is 1. The van der Waals surface area contributed by atoms with Crippen molar-refractivity contribution < 1.29 is 42.2 Å². The van der Waals surface area contributed by atoms with Gasteiger partial charge in [0.25, 0.3) is 5.91 Å². The Hall–Kier alpha value is -3.32. The van der Waals surface area contributed by atoms with Crippen LogP contribution < -0.4 is 15.3 Å². The molecule has 1 aromatic heterocycles. The van der Waals surface area contributed by atoms with Crippen molar-refractivity contribution in [2.24, 2.45) is 17.6 Å². The van der Waals surface area contributed by atoms with E-state index in [0.717, 1.165) is 0 Å². The highest BCUT2D eigenvalue weighted by atomic mass is 31.2. The van der Waals surface area contributed by atoms with E-state index in [4.69, 9.17) is 29.0 Å². The second-order valence-electron chi connectivity index (χ2n) is 11.0. The van der Waals surface area contributed by atoms with E-state index in [1.165, 1.54) is 11.0 Å². The van der Waals surface area contributed by atoms with Crippen LogP contribution in [0.1, 0.15) is 76.6 Å². The number of ether oxygens (including phenoxy) is 3. The van der Waals surface area contributed by atoms with Gasteiger partial charge in [-0.05, 0) is 49.7 Å². The lowest BCUT2D eigenvalue weighted by Crippen LogP contribution is -2.40. The van der Waals surface area contributed by atoms with E-state index in [2.05, 4.69) is 15.2 Å². The van der Waals surface area contributed by atoms with Gasteiger partial charge in [-0.2, -0.15) is 5.09 Å². The Labute approximate surface area is 251 Å². The summed E-state index contributed by atoms with van der Waals surface area (Å²) in [4.78, 5) is 40.9. The van der Waals surface area contributed by atoms with Crippen LogP contribution in [0.2, 0.25) is 0 Å². The summed E-state index contributed by atoms with van der Waals surface area (Å²) in [6.07, 6.45) is 2.11. The molecule has 2 heterocycles. The Morgan fingerprint density at radius 1 is 1.07 bits per heavy atom. The number of benzene rings is 1. The van der Waals surface area contributed by atoms with Gasteiger partial charge in [0.05, 0.1) is 32.3 Å². The third-order valence-electron chi connectivity index (χ3n) is 6.38.